The highest BCUT2D eigenvalue weighted by atomic mass is 35.5. The molecule has 0 radical (unpaired) electrons. The van der Waals surface area contributed by atoms with E-state index >= 15 is 0 Å². The van der Waals surface area contributed by atoms with E-state index in [0.29, 0.717) is 22.0 Å². The lowest BCUT2D eigenvalue weighted by molar-refractivity contribution is -0.122. The Labute approximate surface area is 222 Å². The molecule has 0 fully saturated rings. The van der Waals surface area contributed by atoms with Crippen LogP contribution in [0.15, 0.2) is 82.4 Å². The molecule has 0 aliphatic carbocycles. The Hall–Kier alpha value is -4.41. The fraction of sp³-hybridized carbons (Fsp3) is 0.185. The number of fused-ring (bicyclic) bond motifs is 1. The normalized spacial score (nSPS) is 11.7. The molecule has 196 valence electrons. The van der Waals surface area contributed by atoms with Crippen LogP contribution in [0.3, 0.4) is 0 Å². The van der Waals surface area contributed by atoms with Crippen molar-refractivity contribution in [3.63, 3.8) is 0 Å². The van der Waals surface area contributed by atoms with Crippen molar-refractivity contribution in [1.29, 1.82) is 0 Å². The Balaban J connectivity index is 1.59. The molecule has 0 spiro atoms. The number of carbonyl (C=O) groups is 2. The molecule has 0 bridgehead atoms. The van der Waals surface area contributed by atoms with E-state index in [1.807, 2.05) is 0 Å². The van der Waals surface area contributed by atoms with Crippen LogP contribution < -0.4 is 26.6 Å². The number of ether oxygens (including phenoxy) is 1. The van der Waals surface area contributed by atoms with Crippen LogP contribution in [0.2, 0.25) is 5.02 Å². The largest absolute Gasteiger partial charge is 0.495 e. The highest BCUT2D eigenvalue weighted by Crippen LogP contribution is 2.27. The van der Waals surface area contributed by atoms with Gasteiger partial charge in [-0.15, -0.1) is 0 Å². The summed E-state index contributed by atoms with van der Waals surface area (Å²) < 4.78 is 7.13. The Bertz CT molecular complexity index is 1600. The second-order valence-electron chi connectivity index (χ2n) is 8.40. The summed E-state index contributed by atoms with van der Waals surface area (Å²) in [6.07, 6.45) is -0.961. The van der Waals surface area contributed by atoms with E-state index in [1.165, 1.54) is 19.2 Å². The quantitative estimate of drug-likeness (QED) is 0.301. The third kappa shape index (κ3) is 5.93. The van der Waals surface area contributed by atoms with Gasteiger partial charge in [-0.1, -0.05) is 54.1 Å². The summed E-state index contributed by atoms with van der Waals surface area (Å²) >= 11 is 6.03. The number of aliphatic hydroxyl groups is 1. The van der Waals surface area contributed by atoms with Crippen LogP contribution in [-0.2, 0) is 22.7 Å². The predicted octanol–water partition coefficient (Wildman–Crippen LogP) is 2.31. The molecule has 2 amide bonds. The number of para-hydroxylation sites is 1. The minimum absolute atomic E-state index is 0.108. The summed E-state index contributed by atoms with van der Waals surface area (Å²) in [5.41, 5.74) is -0.336. The number of anilines is 1. The summed E-state index contributed by atoms with van der Waals surface area (Å²) in [6.45, 7) is -1.14. The van der Waals surface area contributed by atoms with Crippen molar-refractivity contribution < 1.29 is 19.4 Å². The second kappa shape index (κ2) is 11.8. The SMILES string of the molecule is COc1ccc(Cl)cc1NC(=O)Cn1c(=O)n(CC(=O)NCC(O)c2ccccc2)c(=O)c2ccccc21. The first-order valence-corrected chi connectivity index (χ1v) is 12.0. The highest BCUT2D eigenvalue weighted by molar-refractivity contribution is 6.31. The average Bonchev–Trinajstić information content (AvgIpc) is 2.92. The first-order valence-electron chi connectivity index (χ1n) is 11.6. The average molecular weight is 537 g/mol. The number of halogens is 1. The molecule has 4 rings (SSSR count). The Morgan fingerprint density at radius 2 is 1.63 bits per heavy atom. The van der Waals surface area contributed by atoms with Gasteiger partial charge in [-0.2, -0.15) is 0 Å². The number of hydrogen-bond acceptors (Lipinski definition) is 6. The summed E-state index contributed by atoms with van der Waals surface area (Å²) in [7, 11) is 1.44. The van der Waals surface area contributed by atoms with E-state index in [2.05, 4.69) is 10.6 Å². The van der Waals surface area contributed by atoms with Gasteiger partial charge >= 0.3 is 5.69 Å². The van der Waals surface area contributed by atoms with Gasteiger partial charge in [0.05, 0.1) is 29.8 Å². The van der Waals surface area contributed by atoms with Gasteiger partial charge in [0.25, 0.3) is 5.56 Å². The molecular formula is C27H25ClN4O6. The van der Waals surface area contributed by atoms with Crippen molar-refractivity contribution in [3.8, 4) is 5.75 Å². The smallest absolute Gasteiger partial charge is 0.332 e. The van der Waals surface area contributed by atoms with Gasteiger partial charge in [0.1, 0.15) is 18.8 Å². The van der Waals surface area contributed by atoms with Crippen molar-refractivity contribution >= 4 is 40.0 Å². The predicted molar refractivity (Wildman–Crippen MR) is 144 cm³/mol. The van der Waals surface area contributed by atoms with Crippen molar-refractivity contribution in [2.45, 2.75) is 19.2 Å². The number of methoxy groups -OCH3 is 1. The van der Waals surface area contributed by atoms with Crippen LogP contribution in [0.5, 0.6) is 5.75 Å². The fourth-order valence-electron chi connectivity index (χ4n) is 3.98. The van der Waals surface area contributed by atoms with Crippen LogP contribution in [0.1, 0.15) is 11.7 Å². The number of rotatable bonds is 9. The zero-order chi connectivity index (χ0) is 27.2. The molecule has 11 heteroatoms. The summed E-state index contributed by atoms with van der Waals surface area (Å²) in [6, 6.07) is 19.8. The molecule has 1 heterocycles. The number of carbonyl (C=O) groups excluding carboxylic acids is 2. The minimum atomic E-state index is -0.961. The third-order valence-electron chi connectivity index (χ3n) is 5.85. The summed E-state index contributed by atoms with van der Waals surface area (Å²) in [5.74, 6) is -0.841. The van der Waals surface area contributed by atoms with Crippen LogP contribution in [0.25, 0.3) is 10.9 Å². The van der Waals surface area contributed by atoms with Gasteiger partial charge in [-0.05, 0) is 35.9 Å². The maximum atomic E-state index is 13.3. The molecule has 0 saturated carbocycles. The van der Waals surface area contributed by atoms with Crippen LogP contribution in [0, 0.1) is 0 Å². The first-order chi connectivity index (χ1) is 18.3. The van der Waals surface area contributed by atoms with E-state index in [4.69, 9.17) is 16.3 Å². The molecule has 1 unspecified atom stereocenters. The maximum Gasteiger partial charge on any atom is 0.332 e. The second-order valence-corrected chi connectivity index (χ2v) is 8.84. The highest BCUT2D eigenvalue weighted by Gasteiger charge is 2.18. The standard InChI is InChI=1S/C27H25ClN4O6/c1-38-23-12-11-18(28)13-20(23)30-25(35)16-31-21-10-6-5-9-19(21)26(36)32(27(31)37)15-24(34)29-14-22(33)17-7-3-2-4-8-17/h2-13,22,33H,14-16H2,1H3,(H,29,34)(H,30,35). The monoisotopic (exact) mass is 536 g/mol. The molecule has 0 aliphatic rings. The zero-order valence-electron chi connectivity index (χ0n) is 20.4. The maximum absolute atomic E-state index is 13.3. The van der Waals surface area contributed by atoms with Crippen molar-refractivity contribution in [2.75, 3.05) is 19.0 Å². The number of nitrogens with zero attached hydrogens (tertiary/aromatic N) is 2. The van der Waals surface area contributed by atoms with Crippen molar-refractivity contribution in [2.24, 2.45) is 0 Å². The van der Waals surface area contributed by atoms with E-state index in [-0.39, 0.29) is 17.4 Å². The van der Waals surface area contributed by atoms with E-state index in [1.54, 1.807) is 60.7 Å². The summed E-state index contributed by atoms with van der Waals surface area (Å²) in [5, 5.41) is 16.0. The molecule has 10 nitrogen and oxygen atoms in total. The van der Waals surface area contributed by atoms with Crippen LogP contribution in [0.4, 0.5) is 5.69 Å². The fourth-order valence-corrected chi connectivity index (χ4v) is 4.15. The van der Waals surface area contributed by atoms with E-state index in [0.717, 1.165) is 9.13 Å². The number of nitrogens with one attached hydrogen (secondary N) is 2. The molecular weight excluding hydrogens is 512 g/mol. The van der Waals surface area contributed by atoms with Gasteiger partial charge < -0.3 is 20.5 Å². The van der Waals surface area contributed by atoms with E-state index in [9.17, 15) is 24.3 Å². The molecule has 0 saturated heterocycles. The molecule has 3 N–H and O–H groups in total. The van der Waals surface area contributed by atoms with Crippen molar-refractivity contribution in [1.82, 2.24) is 14.5 Å². The Kier molecular flexibility index (Phi) is 8.25. The number of hydrogen-bond donors (Lipinski definition) is 3. The van der Waals surface area contributed by atoms with Gasteiger partial charge in [0.15, 0.2) is 0 Å². The number of amides is 2. The topological polar surface area (TPSA) is 132 Å². The molecule has 0 aliphatic heterocycles. The van der Waals surface area contributed by atoms with Crippen LogP contribution >= 0.6 is 11.6 Å². The molecule has 38 heavy (non-hydrogen) atoms. The lowest BCUT2D eigenvalue weighted by atomic mass is 10.1. The first kappa shape index (κ1) is 26.6. The van der Waals surface area contributed by atoms with Crippen molar-refractivity contribution in [3.05, 3.63) is 104 Å². The number of aromatic nitrogens is 2. The van der Waals surface area contributed by atoms with Gasteiger partial charge in [0, 0.05) is 11.6 Å². The van der Waals surface area contributed by atoms with Crippen LogP contribution in [-0.4, -0.2) is 39.7 Å². The number of aliphatic hydroxyl groups excluding tert-OH is 1. The minimum Gasteiger partial charge on any atom is -0.495 e. The Morgan fingerprint density at radius 1 is 0.947 bits per heavy atom. The Morgan fingerprint density at radius 3 is 2.37 bits per heavy atom. The molecule has 1 atom stereocenters. The lowest BCUT2D eigenvalue weighted by Gasteiger charge is -2.16. The summed E-state index contributed by atoms with van der Waals surface area (Å²) in [4.78, 5) is 52.0. The third-order valence-corrected chi connectivity index (χ3v) is 6.08. The zero-order valence-corrected chi connectivity index (χ0v) is 21.1. The van der Waals surface area contributed by atoms with E-state index < -0.39 is 42.3 Å². The van der Waals surface area contributed by atoms with Gasteiger partial charge in [0.2, 0.25) is 11.8 Å². The molecule has 3 aromatic carbocycles. The number of benzene rings is 3. The van der Waals surface area contributed by atoms with Gasteiger partial charge in [-0.25, -0.2) is 4.79 Å². The molecule has 1 aromatic heterocycles. The molecule has 4 aromatic rings. The lowest BCUT2D eigenvalue weighted by Crippen LogP contribution is -2.45. The van der Waals surface area contributed by atoms with Gasteiger partial charge in [-0.3, -0.25) is 23.5 Å².